The zero-order chi connectivity index (χ0) is 13.1. The third-order valence-electron chi connectivity index (χ3n) is 2.16. The Kier molecular flexibility index (Phi) is 4.34. The van der Waals surface area contributed by atoms with Crippen LogP contribution in [0.2, 0.25) is 0 Å². The molecule has 0 spiro atoms. The Morgan fingerprint density at radius 2 is 2.18 bits per heavy atom. The van der Waals surface area contributed by atoms with Crippen molar-refractivity contribution < 1.29 is 14.1 Å². The number of nitro groups is 1. The molecule has 0 fully saturated rings. The van der Waals surface area contributed by atoms with Crippen LogP contribution in [0.5, 0.6) is 5.75 Å². The number of benzene rings is 1. The lowest BCUT2D eigenvalue weighted by atomic mass is 9.98. The zero-order valence-corrected chi connectivity index (χ0v) is 10.5. The number of rotatable bonds is 5. The maximum absolute atomic E-state index is 12.9. The lowest BCUT2D eigenvalue weighted by Gasteiger charge is -2.21. The van der Waals surface area contributed by atoms with E-state index in [9.17, 15) is 14.5 Å². The van der Waals surface area contributed by atoms with Crippen molar-refractivity contribution in [2.24, 2.45) is 5.41 Å². The normalized spacial score (nSPS) is 11.3. The van der Waals surface area contributed by atoms with Crippen LogP contribution < -0.4 is 4.74 Å². The highest BCUT2D eigenvalue weighted by Gasteiger charge is 2.21. The van der Waals surface area contributed by atoms with Crippen LogP contribution in [-0.4, -0.2) is 17.3 Å². The minimum Gasteiger partial charge on any atom is -0.486 e. The standard InChI is InChI=1S/C11H14FNO3S/c1-11(2,7-17)6-16-10-4-3-8(12)5-9(10)13(14)15/h3-5,17H,6-7H2,1-2H3. The topological polar surface area (TPSA) is 52.4 Å². The van der Waals surface area contributed by atoms with E-state index >= 15 is 0 Å². The van der Waals surface area contributed by atoms with Gasteiger partial charge in [-0.1, -0.05) is 13.8 Å². The van der Waals surface area contributed by atoms with Crippen LogP contribution in [0, 0.1) is 21.3 Å². The summed E-state index contributed by atoms with van der Waals surface area (Å²) in [5, 5.41) is 10.7. The third kappa shape index (κ3) is 3.89. The number of hydrogen-bond donors (Lipinski definition) is 1. The highest BCUT2D eigenvalue weighted by molar-refractivity contribution is 7.80. The van der Waals surface area contributed by atoms with Crippen LogP contribution in [-0.2, 0) is 0 Å². The van der Waals surface area contributed by atoms with E-state index in [1.165, 1.54) is 6.07 Å². The van der Waals surface area contributed by atoms with Crippen molar-refractivity contribution in [3.8, 4) is 5.75 Å². The monoisotopic (exact) mass is 259 g/mol. The summed E-state index contributed by atoms with van der Waals surface area (Å²) in [6.07, 6.45) is 0. The molecule has 17 heavy (non-hydrogen) atoms. The molecule has 0 saturated heterocycles. The van der Waals surface area contributed by atoms with Crippen LogP contribution >= 0.6 is 12.6 Å². The molecule has 0 aliphatic rings. The molecule has 94 valence electrons. The largest absolute Gasteiger partial charge is 0.486 e. The first kappa shape index (κ1) is 13.8. The van der Waals surface area contributed by atoms with E-state index in [1.54, 1.807) is 0 Å². The van der Waals surface area contributed by atoms with Crippen molar-refractivity contribution in [3.63, 3.8) is 0 Å². The fourth-order valence-corrected chi connectivity index (χ4v) is 1.17. The fraction of sp³-hybridized carbons (Fsp3) is 0.455. The molecule has 0 amide bonds. The molecule has 1 rings (SSSR count). The Morgan fingerprint density at radius 3 is 2.71 bits per heavy atom. The summed E-state index contributed by atoms with van der Waals surface area (Å²) in [7, 11) is 0. The summed E-state index contributed by atoms with van der Waals surface area (Å²) in [5.74, 6) is 0.00546. The molecule has 0 aliphatic heterocycles. The molecule has 0 N–H and O–H groups in total. The molecule has 0 aliphatic carbocycles. The maximum atomic E-state index is 12.9. The highest BCUT2D eigenvalue weighted by Crippen LogP contribution is 2.29. The van der Waals surface area contributed by atoms with Gasteiger partial charge in [0, 0.05) is 5.41 Å². The van der Waals surface area contributed by atoms with Crippen LogP contribution in [0.3, 0.4) is 0 Å². The lowest BCUT2D eigenvalue weighted by molar-refractivity contribution is -0.386. The van der Waals surface area contributed by atoms with Gasteiger partial charge in [-0.05, 0) is 17.9 Å². The van der Waals surface area contributed by atoms with Crippen molar-refractivity contribution in [1.82, 2.24) is 0 Å². The van der Waals surface area contributed by atoms with Crippen molar-refractivity contribution in [1.29, 1.82) is 0 Å². The molecule has 1 aromatic rings. The Morgan fingerprint density at radius 1 is 1.53 bits per heavy atom. The predicted octanol–water partition coefficient (Wildman–Crippen LogP) is 3.07. The fourth-order valence-electron chi connectivity index (χ4n) is 1.07. The number of nitrogens with zero attached hydrogens (tertiary/aromatic N) is 1. The van der Waals surface area contributed by atoms with Gasteiger partial charge in [0.1, 0.15) is 5.82 Å². The minimum atomic E-state index is -0.661. The van der Waals surface area contributed by atoms with Crippen molar-refractivity contribution in [3.05, 3.63) is 34.1 Å². The molecule has 1 aromatic carbocycles. The van der Waals surface area contributed by atoms with Crippen LogP contribution in [0.1, 0.15) is 13.8 Å². The van der Waals surface area contributed by atoms with Gasteiger partial charge in [0.2, 0.25) is 0 Å². The summed E-state index contributed by atoms with van der Waals surface area (Å²) in [5.41, 5.74) is -0.564. The highest BCUT2D eigenvalue weighted by atomic mass is 32.1. The molecule has 0 aromatic heterocycles. The van der Waals surface area contributed by atoms with E-state index in [1.807, 2.05) is 13.8 Å². The molecule has 6 heteroatoms. The third-order valence-corrected chi connectivity index (χ3v) is 3.02. The van der Waals surface area contributed by atoms with Gasteiger partial charge < -0.3 is 4.74 Å². The Bertz CT molecular complexity index is 423. The molecule has 0 saturated carbocycles. The second-order valence-corrected chi connectivity index (χ2v) is 4.80. The number of hydrogen-bond acceptors (Lipinski definition) is 4. The van der Waals surface area contributed by atoms with Crippen molar-refractivity contribution >= 4 is 18.3 Å². The molecule has 0 bridgehead atoms. The molecule has 0 unspecified atom stereocenters. The molecule has 0 atom stereocenters. The van der Waals surface area contributed by atoms with Gasteiger partial charge in [-0.3, -0.25) is 10.1 Å². The average Bonchev–Trinajstić information content (AvgIpc) is 2.27. The second-order valence-electron chi connectivity index (χ2n) is 4.48. The number of ether oxygens (including phenoxy) is 1. The average molecular weight is 259 g/mol. The van der Waals surface area contributed by atoms with Crippen molar-refractivity contribution in [2.45, 2.75) is 13.8 Å². The van der Waals surface area contributed by atoms with Gasteiger partial charge >= 0.3 is 5.69 Å². The quantitative estimate of drug-likeness (QED) is 0.502. The Balaban J connectivity index is 2.88. The molecule has 4 nitrogen and oxygen atoms in total. The van der Waals surface area contributed by atoms with E-state index in [2.05, 4.69) is 12.6 Å². The first-order chi connectivity index (χ1) is 7.85. The maximum Gasteiger partial charge on any atom is 0.313 e. The molecular formula is C11H14FNO3S. The smallest absolute Gasteiger partial charge is 0.313 e. The Hall–Kier alpha value is -1.30. The van der Waals surface area contributed by atoms with E-state index < -0.39 is 10.7 Å². The van der Waals surface area contributed by atoms with Gasteiger partial charge in [-0.25, -0.2) is 4.39 Å². The lowest BCUT2D eigenvalue weighted by Crippen LogP contribution is -2.23. The van der Waals surface area contributed by atoms with E-state index in [4.69, 9.17) is 4.74 Å². The van der Waals surface area contributed by atoms with E-state index in [0.29, 0.717) is 5.75 Å². The number of nitro benzene ring substituents is 1. The van der Waals surface area contributed by atoms with Crippen LogP contribution in [0.4, 0.5) is 10.1 Å². The van der Waals surface area contributed by atoms with E-state index in [0.717, 1.165) is 12.1 Å². The summed E-state index contributed by atoms with van der Waals surface area (Å²) in [4.78, 5) is 10.1. The Labute approximate surface area is 104 Å². The minimum absolute atomic E-state index is 0.0752. The van der Waals surface area contributed by atoms with Crippen molar-refractivity contribution in [2.75, 3.05) is 12.4 Å². The van der Waals surface area contributed by atoms with E-state index in [-0.39, 0.29) is 23.5 Å². The SMILES string of the molecule is CC(C)(CS)COc1ccc(F)cc1[N+](=O)[O-]. The summed E-state index contributed by atoms with van der Waals surface area (Å²) in [6.45, 7) is 4.13. The summed E-state index contributed by atoms with van der Waals surface area (Å²) in [6, 6.07) is 3.25. The molecule has 0 heterocycles. The number of thiol groups is 1. The van der Waals surface area contributed by atoms with Gasteiger partial charge in [0.25, 0.3) is 0 Å². The summed E-state index contributed by atoms with van der Waals surface area (Å²) >= 11 is 4.16. The van der Waals surface area contributed by atoms with Gasteiger partial charge in [-0.2, -0.15) is 12.6 Å². The molecule has 0 radical (unpaired) electrons. The molecular weight excluding hydrogens is 245 g/mol. The summed E-state index contributed by atoms with van der Waals surface area (Å²) < 4.78 is 18.2. The first-order valence-corrected chi connectivity index (χ1v) is 5.66. The zero-order valence-electron chi connectivity index (χ0n) is 9.64. The first-order valence-electron chi connectivity index (χ1n) is 5.03. The van der Waals surface area contributed by atoms with Gasteiger partial charge in [0.05, 0.1) is 17.6 Å². The predicted molar refractivity (Wildman–Crippen MR) is 66.2 cm³/mol. The van der Waals surface area contributed by atoms with Gasteiger partial charge in [0.15, 0.2) is 5.75 Å². The second kappa shape index (κ2) is 5.35. The van der Waals surface area contributed by atoms with Crippen LogP contribution in [0.15, 0.2) is 18.2 Å². The van der Waals surface area contributed by atoms with Crippen LogP contribution in [0.25, 0.3) is 0 Å². The number of halogens is 1. The van der Waals surface area contributed by atoms with Gasteiger partial charge in [-0.15, -0.1) is 0 Å².